The van der Waals surface area contributed by atoms with Crippen molar-refractivity contribution < 1.29 is 0 Å². The van der Waals surface area contributed by atoms with Crippen LogP contribution in [0.1, 0.15) is 51.4 Å². The van der Waals surface area contributed by atoms with E-state index < -0.39 is 0 Å². The molecule has 0 N–H and O–H groups in total. The summed E-state index contributed by atoms with van der Waals surface area (Å²) in [5.41, 5.74) is 3.98. The molecule has 15 fully saturated rings. The van der Waals surface area contributed by atoms with E-state index in [-0.39, 0.29) is 0 Å². The highest BCUT2D eigenvalue weighted by Crippen LogP contribution is 3.17. The van der Waals surface area contributed by atoms with Crippen LogP contribution < -0.4 is 0 Å². The minimum absolute atomic E-state index is 0.994. The molecule has 0 heteroatoms. The van der Waals surface area contributed by atoms with Crippen molar-refractivity contribution in [2.45, 2.75) is 51.4 Å². The summed E-state index contributed by atoms with van der Waals surface area (Å²) in [5.74, 6) is 15.3. The largest absolute Gasteiger partial charge is 0.0493 e. The lowest BCUT2D eigenvalue weighted by atomic mass is 9.15. The predicted molar refractivity (Wildman–Crippen MR) is 88.5 cm³/mol. The number of fused-ring (bicyclic) bond motifs is 3. The van der Waals surface area contributed by atoms with Gasteiger partial charge >= 0.3 is 0 Å². The Morgan fingerprint density at radius 2 is 0.458 bits per heavy atom. The summed E-state index contributed by atoms with van der Waals surface area (Å²) >= 11 is 0. The first-order chi connectivity index (χ1) is 11.9. The van der Waals surface area contributed by atoms with Gasteiger partial charge in [0.15, 0.2) is 0 Å². The molecule has 4 spiro atoms. The molecule has 15 rings (SSSR count). The molecule has 0 aromatic carbocycles. The topological polar surface area (TPSA) is 0 Å². The van der Waals surface area contributed by atoms with Crippen molar-refractivity contribution in [3.8, 4) is 0 Å². The standard InChI is InChI=1S/C24H28/c1-2-10-18-13-5-3-11-17(18)9(1)21-12-4-6-14-20-16-8-7-15(19(12)20)23(11,21)24(13,16)22(10,14)21/h9-20H,1-8H2. The average molecular weight is 316 g/mol. The van der Waals surface area contributed by atoms with Gasteiger partial charge in [-0.2, -0.15) is 0 Å². The van der Waals surface area contributed by atoms with Gasteiger partial charge in [-0.1, -0.05) is 0 Å². The highest BCUT2D eigenvalue weighted by Gasteiger charge is 3.14. The molecule has 0 aromatic heterocycles. The molecule has 0 aromatic rings. The summed E-state index contributed by atoms with van der Waals surface area (Å²) in [6.45, 7) is 0. The van der Waals surface area contributed by atoms with E-state index in [1.54, 1.807) is 51.4 Å². The molecule has 15 saturated carbocycles. The van der Waals surface area contributed by atoms with Crippen LogP contribution in [0.4, 0.5) is 0 Å². The second-order valence-corrected chi connectivity index (χ2v) is 12.9. The maximum atomic E-state index is 1.71. The van der Waals surface area contributed by atoms with E-state index in [0.717, 1.165) is 21.7 Å². The number of rotatable bonds is 0. The van der Waals surface area contributed by atoms with E-state index in [2.05, 4.69) is 0 Å². The Bertz CT molecular complexity index is 620. The zero-order chi connectivity index (χ0) is 14.6. The maximum absolute atomic E-state index is 1.71. The first-order valence-corrected chi connectivity index (χ1v) is 11.9. The Morgan fingerprint density at radius 1 is 0.292 bits per heavy atom. The van der Waals surface area contributed by atoms with Crippen molar-refractivity contribution in [1.29, 1.82) is 0 Å². The van der Waals surface area contributed by atoms with Crippen molar-refractivity contribution in [2.75, 3.05) is 0 Å². The first-order valence-electron chi connectivity index (χ1n) is 11.9. The summed E-state index contributed by atoms with van der Waals surface area (Å²) in [6, 6.07) is 0. The molecule has 0 heterocycles. The van der Waals surface area contributed by atoms with Crippen molar-refractivity contribution in [3.05, 3.63) is 0 Å². The molecule has 24 heavy (non-hydrogen) atoms. The third kappa shape index (κ3) is 0.468. The SMILES string of the molecule is C1CC2C3C4C1C15C6CCC7C8C6C6CCC8C8(C3CCC4C618)C275. The Balaban J connectivity index is 1.47. The molecule has 0 aliphatic heterocycles. The average Bonchev–Trinajstić information content (AvgIpc) is 3.09. The summed E-state index contributed by atoms with van der Waals surface area (Å²) in [6.07, 6.45) is 13.7. The number of hydrogen-bond acceptors (Lipinski definition) is 0. The van der Waals surface area contributed by atoms with E-state index >= 15 is 0 Å². The Hall–Kier alpha value is 0. The van der Waals surface area contributed by atoms with Crippen LogP contribution >= 0.6 is 0 Å². The summed E-state index contributed by atoms with van der Waals surface area (Å²) in [4.78, 5) is 0. The molecule has 124 valence electrons. The van der Waals surface area contributed by atoms with Crippen LogP contribution in [0.3, 0.4) is 0 Å². The third-order valence-electron chi connectivity index (χ3n) is 15.2. The predicted octanol–water partition coefficient (Wildman–Crippen LogP) is 4.60. The van der Waals surface area contributed by atoms with Gasteiger partial charge in [0.1, 0.15) is 0 Å². The normalized spacial score (nSPS) is 94.0. The number of hydrogen-bond donors (Lipinski definition) is 0. The smallest absolute Gasteiger partial charge is 0.00998 e. The molecule has 14 bridgehead atoms. The minimum Gasteiger partial charge on any atom is -0.0493 e. The van der Waals surface area contributed by atoms with Gasteiger partial charge in [-0.05, 0) is 144 Å². The summed E-state index contributed by atoms with van der Waals surface area (Å²) in [7, 11) is 0. The van der Waals surface area contributed by atoms with Gasteiger partial charge in [0.25, 0.3) is 0 Å². The van der Waals surface area contributed by atoms with Gasteiger partial charge in [0.2, 0.25) is 0 Å². The Labute approximate surface area is 144 Å². The highest BCUT2D eigenvalue weighted by molar-refractivity contribution is 5.60. The van der Waals surface area contributed by atoms with Gasteiger partial charge in [-0.25, -0.2) is 0 Å². The van der Waals surface area contributed by atoms with Crippen LogP contribution in [0, 0.1) is 92.7 Å². The zero-order valence-electron chi connectivity index (χ0n) is 14.6. The molecule has 8 unspecified atom stereocenters. The van der Waals surface area contributed by atoms with Crippen molar-refractivity contribution in [2.24, 2.45) is 92.7 Å². The van der Waals surface area contributed by atoms with E-state index in [0.29, 0.717) is 0 Å². The second kappa shape index (κ2) is 2.41. The van der Waals surface area contributed by atoms with Gasteiger partial charge in [0.05, 0.1) is 0 Å². The molecule has 0 radical (unpaired) electrons. The minimum atomic E-state index is 0.994. The van der Waals surface area contributed by atoms with E-state index in [1.807, 2.05) is 0 Å². The van der Waals surface area contributed by atoms with Crippen molar-refractivity contribution in [3.63, 3.8) is 0 Å². The van der Waals surface area contributed by atoms with Crippen molar-refractivity contribution in [1.82, 2.24) is 0 Å². The maximum Gasteiger partial charge on any atom is -0.00998 e. The molecule has 8 atom stereocenters. The van der Waals surface area contributed by atoms with Crippen LogP contribution in [0.25, 0.3) is 0 Å². The van der Waals surface area contributed by atoms with E-state index in [9.17, 15) is 0 Å². The fraction of sp³-hybridized carbons (Fsp3) is 1.00. The van der Waals surface area contributed by atoms with E-state index in [1.165, 1.54) is 71.0 Å². The van der Waals surface area contributed by atoms with Crippen LogP contribution in [0.5, 0.6) is 0 Å². The highest BCUT2D eigenvalue weighted by atomic mass is 15.2. The molecule has 15 aliphatic rings. The van der Waals surface area contributed by atoms with Crippen LogP contribution in [0.15, 0.2) is 0 Å². The summed E-state index contributed by atoms with van der Waals surface area (Å²) in [5, 5.41) is 0. The molecule has 0 saturated heterocycles. The molecular formula is C24H28. The zero-order valence-corrected chi connectivity index (χ0v) is 14.6. The van der Waals surface area contributed by atoms with Crippen LogP contribution in [0.2, 0.25) is 0 Å². The molecule has 0 amide bonds. The first kappa shape index (κ1) is 11.0. The molecular weight excluding hydrogens is 288 g/mol. The quantitative estimate of drug-likeness (QED) is 0.613. The van der Waals surface area contributed by atoms with Crippen LogP contribution in [-0.2, 0) is 0 Å². The van der Waals surface area contributed by atoms with Crippen molar-refractivity contribution >= 4 is 0 Å². The fourth-order valence-corrected chi connectivity index (χ4v) is 17.8. The third-order valence-corrected chi connectivity index (χ3v) is 15.2. The monoisotopic (exact) mass is 316 g/mol. The van der Waals surface area contributed by atoms with E-state index in [4.69, 9.17) is 0 Å². The lowest BCUT2D eigenvalue weighted by Crippen LogP contribution is -2.85. The fourth-order valence-electron chi connectivity index (χ4n) is 17.8. The Kier molecular flexibility index (Phi) is 1.10. The lowest BCUT2D eigenvalue weighted by Gasteiger charge is -2.88. The molecule has 15 aliphatic carbocycles. The van der Waals surface area contributed by atoms with Crippen LogP contribution in [-0.4, -0.2) is 0 Å². The second-order valence-electron chi connectivity index (χ2n) is 12.9. The van der Waals surface area contributed by atoms with Gasteiger partial charge in [0, 0.05) is 0 Å². The Morgan fingerprint density at radius 3 is 0.625 bits per heavy atom. The van der Waals surface area contributed by atoms with Gasteiger partial charge < -0.3 is 0 Å². The van der Waals surface area contributed by atoms with Gasteiger partial charge in [-0.15, -0.1) is 0 Å². The molecule has 0 nitrogen and oxygen atoms in total. The summed E-state index contributed by atoms with van der Waals surface area (Å²) < 4.78 is 0. The lowest BCUT2D eigenvalue weighted by molar-refractivity contribution is -0.421. The van der Waals surface area contributed by atoms with Gasteiger partial charge in [-0.3, -0.25) is 0 Å².